The van der Waals surface area contributed by atoms with Crippen LogP contribution >= 0.6 is 0 Å². The van der Waals surface area contributed by atoms with E-state index in [2.05, 4.69) is 5.32 Å². The molecule has 0 radical (unpaired) electrons. The lowest BCUT2D eigenvalue weighted by molar-refractivity contribution is 0.0232. The van der Waals surface area contributed by atoms with E-state index in [1.54, 1.807) is 6.20 Å². The molecule has 0 bridgehead atoms. The van der Waals surface area contributed by atoms with E-state index in [0.717, 1.165) is 17.5 Å². The van der Waals surface area contributed by atoms with Crippen LogP contribution in [0.3, 0.4) is 0 Å². The number of hydrogen-bond acceptors (Lipinski definition) is 3. The Bertz CT molecular complexity index is 834. The first-order valence-corrected chi connectivity index (χ1v) is 8.49. The number of amides is 1. The van der Waals surface area contributed by atoms with Crippen molar-refractivity contribution in [3.63, 3.8) is 0 Å². The van der Waals surface area contributed by atoms with Crippen LogP contribution in [0.4, 0.5) is 0 Å². The fourth-order valence-corrected chi connectivity index (χ4v) is 3.53. The molecule has 1 aromatic heterocycles. The van der Waals surface area contributed by atoms with Crippen LogP contribution in [0.5, 0.6) is 0 Å². The molecule has 2 aromatic rings. The first-order valence-electron chi connectivity index (χ1n) is 8.49. The lowest BCUT2D eigenvalue weighted by atomic mass is 9.76. The Morgan fingerprint density at radius 2 is 2.12 bits per heavy atom. The molecule has 3 rings (SSSR count). The zero-order chi connectivity index (χ0) is 17.4. The third-order valence-electron chi connectivity index (χ3n) is 5.06. The molecule has 1 aliphatic rings. The van der Waals surface area contributed by atoms with Crippen molar-refractivity contribution in [3.8, 4) is 0 Å². The lowest BCUT2D eigenvalue weighted by Crippen LogP contribution is -2.47. The summed E-state index contributed by atoms with van der Waals surface area (Å²) in [6.07, 6.45) is 3.58. The summed E-state index contributed by atoms with van der Waals surface area (Å²) in [6, 6.07) is 5.68. The number of pyridine rings is 1. The average molecular weight is 328 g/mol. The van der Waals surface area contributed by atoms with Gasteiger partial charge in [-0.05, 0) is 44.2 Å². The number of aromatic nitrogens is 1. The van der Waals surface area contributed by atoms with Gasteiger partial charge in [-0.3, -0.25) is 9.59 Å². The third kappa shape index (κ3) is 2.96. The molecular formula is C19H24N2O3. The quantitative estimate of drug-likeness (QED) is 0.903. The number of benzene rings is 1. The third-order valence-corrected chi connectivity index (χ3v) is 5.06. The lowest BCUT2D eigenvalue weighted by Gasteiger charge is -2.37. The molecule has 24 heavy (non-hydrogen) atoms. The molecule has 1 fully saturated rings. The molecule has 1 aliphatic carbocycles. The fraction of sp³-hybridized carbons (Fsp3) is 0.474. The van der Waals surface area contributed by atoms with Crippen molar-refractivity contribution in [2.45, 2.75) is 45.3 Å². The Kier molecular flexibility index (Phi) is 4.45. The second-order valence-electron chi connectivity index (χ2n) is 6.88. The Hall–Kier alpha value is -2.14. The van der Waals surface area contributed by atoms with E-state index in [0.29, 0.717) is 24.1 Å². The van der Waals surface area contributed by atoms with Crippen molar-refractivity contribution >= 4 is 16.8 Å². The zero-order valence-corrected chi connectivity index (χ0v) is 14.4. The van der Waals surface area contributed by atoms with Crippen molar-refractivity contribution < 1.29 is 9.90 Å². The van der Waals surface area contributed by atoms with Gasteiger partial charge in [0.25, 0.3) is 5.91 Å². The summed E-state index contributed by atoms with van der Waals surface area (Å²) in [7, 11) is 1.84. The van der Waals surface area contributed by atoms with Crippen LogP contribution < -0.4 is 10.7 Å². The maximum Gasteiger partial charge on any atom is 0.256 e. The number of hydrogen-bond donors (Lipinski definition) is 2. The number of aliphatic hydroxyl groups excluding tert-OH is 1. The highest BCUT2D eigenvalue weighted by molar-refractivity contribution is 5.97. The Balaban J connectivity index is 1.92. The summed E-state index contributed by atoms with van der Waals surface area (Å²) in [5, 5.41) is 13.0. The summed E-state index contributed by atoms with van der Waals surface area (Å²) in [6.45, 7) is 3.94. The molecule has 0 spiro atoms. The van der Waals surface area contributed by atoms with Crippen LogP contribution in [0.1, 0.15) is 42.1 Å². The van der Waals surface area contributed by atoms with Gasteiger partial charge in [0.2, 0.25) is 5.43 Å². The van der Waals surface area contributed by atoms with Crippen molar-refractivity contribution in [3.05, 3.63) is 45.7 Å². The van der Waals surface area contributed by atoms with E-state index < -0.39 is 0 Å². The molecule has 1 heterocycles. The number of carbonyl (C=O) groups excluding carboxylic acids is 1. The molecule has 5 nitrogen and oxygen atoms in total. The van der Waals surface area contributed by atoms with E-state index in [9.17, 15) is 14.7 Å². The smallest absolute Gasteiger partial charge is 0.256 e. The number of aryl methyl sites for hydroxylation is 2. The van der Waals surface area contributed by atoms with Crippen LogP contribution in [0.15, 0.2) is 29.2 Å². The maximum absolute atomic E-state index is 12.7. The van der Waals surface area contributed by atoms with E-state index in [1.807, 2.05) is 43.7 Å². The van der Waals surface area contributed by atoms with Gasteiger partial charge in [0, 0.05) is 24.7 Å². The normalized spacial score (nSPS) is 21.3. The van der Waals surface area contributed by atoms with Crippen LogP contribution in [-0.4, -0.2) is 27.7 Å². The molecule has 1 aromatic carbocycles. The van der Waals surface area contributed by atoms with Crippen molar-refractivity contribution in [1.82, 2.24) is 9.88 Å². The van der Waals surface area contributed by atoms with E-state index >= 15 is 0 Å². The summed E-state index contributed by atoms with van der Waals surface area (Å²) in [5.41, 5.74) is 1.75. The first-order chi connectivity index (χ1) is 11.4. The van der Waals surface area contributed by atoms with Gasteiger partial charge in [0.05, 0.1) is 11.6 Å². The van der Waals surface area contributed by atoms with Gasteiger partial charge in [0.15, 0.2) is 0 Å². The van der Waals surface area contributed by atoms with Gasteiger partial charge < -0.3 is 15.0 Å². The number of nitrogens with one attached hydrogen (secondary N) is 1. The highest BCUT2D eigenvalue weighted by Gasteiger charge is 2.34. The van der Waals surface area contributed by atoms with E-state index in [4.69, 9.17) is 0 Å². The SMILES string of the molecule is CC[C@@H](NC(=O)c1cn(C)c2ccc(C)cc2c1=O)C1CC(O)C1. The molecule has 0 unspecified atom stereocenters. The minimum Gasteiger partial charge on any atom is -0.393 e. The topological polar surface area (TPSA) is 71.3 Å². The molecule has 1 saturated carbocycles. The number of carbonyl (C=O) groups is 1. The zero-order valence-electron chi connectivity index (χ0n) is 14.4. The molecule has 1 amide bonds. The van der Waals surface area contributed by atoms with Crippen molar-refractivity contribution in [1.29, 1.82) is 0 Å². The molecule has 128 valence electrons. The second-order valence-corrected chi connectivity index (χ2v) is 6.88. The fourth-order valence-electron chi connectivity index (χ4n) is 3.53. The van der Waals surface area contributed by atoms with Gasteiger partial charge >= 0.3 is 0 Å². The standard InChI is InChI=1S/C19H24N2O3/c1-4-16(12-8-13(22)9-12)20-19(24)15-10-21(3)17-6-5-11(2)7-14(17)18(15)23/h5-7,10,12-13,16,22H,4,8-9H2,1-3H3,(H,20,24)/t12?,13?,16-/m1/s1. The Morgan fingerprint density at radius 1 is 1.42 bits per heavy atom. The van der Waals surface area contributed by atoms with Gasteiger partial charge in [-0.25, -0.2) is 0 Å². The molecule has 1 atom stereocenters. The summed E-state index contributed by atoms with van der Waals surface area (Å²) >= 11 is 0. The van der Waals surface area contributed by atoms with Crippen molar-refractivity contribution in [2.75, 3.05) is 0 Å². The van der Waals surface area contributed by atoms with E-state index in [1.165, 1.54) is 0 Å². The molecule has 0 saturated heterocycles. The molecule has 0 aliphatic heterocycles. The Morgan fingerprint density at radius 3 is 2.75 bits per heavy atom. The van der Waals surface area contributed by atoms with Crippen LogP contribution in [0.25, 0.3) is 10.9 Å². The number of fused-ring (bicyclic) bond motifs is 1. The predicted molar refractivity (Wildman–Crippen MR) is 94.2 cm³/mol. The second kappa shape index (κ2) is 6.40. The molecular weight excluding hydrogens is 304 g/mol. The van der Waals surface area contributed by atoms with Gasteiger partial charge in [0.1, 0.15) is 5.56 Å². The van der Waals surface area contributed by atoms with Crippen LogP contribution in [0, 0.1) is 12.8 Å². The number of rotatable bonds is 4. The van der Waals surface area contributed by atoms with Crippen LogP contribution in [0.2, 0.25) is 0 Å². The highest BCUT2D eigenvalue weighted by Crippen LogP contribution is 2.31. The van der Waals surface area contributed by atoms with Gasteiger partial charge in [-0.2, -0.15) is 0 Å². The monoisotopic (exact) mass is 328 g/mol. The molecule has 5 heteroatoms. The summed E-state index contributed by atoms with van der Waals surface area (Å²) < 4.78 is 1.82. The van der Waals surface area contributed by atoms with Gasteiger partial charge in [-0.1, -0.05) is 18.6 Å². The number of nitrogens with zero attached hydrogens (tertiary/aromatic N) is 1. The largest absolute Gasteiger partial charge is 0.393 e. The highest BCUT2D eigenvalue weighted by atomic mass is 16.3. The maximum atomic E-state index is 12.7. The predicted octanol–water partition coefficient (Wildman–Crippen LogP) is 2.13. The van der Waals surface area contributed by atoms with Crippen molar-refractivity contribution in [2.24, 2.45) is 13.0 Å². The summed E-state index contributed by atoms with van der Waals surface area (Å²) in [5.74, 6) is -0.0345. The van der Waals surface area contributed by atoms with Crippen LogP contribution in [-0.2, 0) is 7.05 Å². The van der Waals surface area contributed by atoms with E-state index in [-0.39, 0.29) is 29.0 Å². The first kappa shape index (κ1) is 16.7. The number of aliphatic hydroxyl groups is 1. The van der Waals surface area contributed by atoms with Gasteiger partial charge in [-0.15, -0.1) is 0 Å². The minimum absolute atomic E-state index is 0.00110. The minimum atomic E-state index is -0.327. The Labute approximate surface area is 141 Å². The molecule has 2 N–H and O–H groups in total. The average Bonchev–Trinajstić information content (AvgIpc) is 2.53. The summed E-state index contributed by atoms with van der Waals surface area (Å²) in [4.78, 5) is 25.4.